The molecule has 0 spiro atoms. The summed E-state index contributed by atoms with van der Waals surface area (Å²) < 4.78 is 69.9. The number of aliphatic hydroxyl groups excluding tert-OH is 1. The Labute approximate surface area is 320 Å². The highest BCUT2D eigenvalue weighted by Crippen LogP contribution is 2.32. The van der Waals surface area contributed by atoms with Gasteiger partial charge >= 0.3 is 18.5 Å². The SMILES string of the molecule is CC(C)(C)OC(=O)C[C@@H](Cc1ccc(I)cc1)[C@@H](O)CN(Cc1c(F)cc(-c2ccn(C(F)F)n2)cc1F)NC(=O)[C@@H](CC(=O)OC1CC1)C(C)(C)C. The number of carbonyl (C=O) groups is 3. The Kier molecular flexibility index (Phi) is 14.1. The number of aliphatic hydroxyl groups is 1. The monoisotopic (exact) mass is 858 g/mol. The molecule has 290 valence electrons. The molecule has 1 saturated carbocycles. The van der Waals surface area contributed by atoms with E-state index in [1.807, 2.05) is 24.3 Å². The Hall–Kier alpha value is -3.57. The number of ether oxygens (including phenoxy) is 2. The fourth-order valence-corrected chi connectivity index (χ4v) is 6.05. The molecule has 1 aliphatic carbocycles. The number of alkyl halides is 2. The van der Waals surface area contributed by atoms with Crippen LogP contribution in [0.4, 0.5) is 17.6 Å². The molecule has 10 nitrogen and oxygen atoms in total. The number of halogens is 5. The summed E-state index contributed by atoms with van der Waals surface area (Å²) in [6.07, 6.45) is 0.759. The van der Waals surface area contributed by atoms with Crippen molar-refractivity contribution in [2.45, 2.75) is 105 Å². The zero-order chi connectivity index (χ0) is 39.2. The first-order valence-corrected chi connectivity index (χ1v) is 18.5. The summed E-state index contributed by atoms with van der Waals surface area (Å²) in [5.41, 5.74) is 1.30. The number of aromatic nitrogens is 2. The second-order valence-corrected chi connectivity index (χ2v) is 16.7. The van der Waals surface area contributed by atoms with Crippen LogP contribution in [0.25, 0.3) is 11.3 Å². The van der Waals surface area contributed by atoms with Gasteiger partial charge in [0.25, 0.3) is 0 Å². The van der Waals surface area contributed by atoms with E-state index in [9.17, 15) is 28.3 Å². The molecule has 3 atom stereocenters. The van der Waals surface area contributed by atoms with Crippen LogP contribution in [0, 0.1) is 32.5 Å². The van der Waals surface area contributed by atoms with Crippen LogP contribution in [0.1, 0.15) is 84.9 Å². The normalized spacial score (nSPS) is 15.3. The quantitative estimate of drug-likeness (QED) is 0.0663. The van der Waals surface area contributed by atoms with Crippen LogP contribution in [0.5, 0.6) is 0 Å². The Morgan fingerprint density at radius 3 is 2.15 bits per heavy atom. The van der Waals surface area contributed by atoms with Gasteiger partial charge in [-0.25, -0.2) is 18.5 Å². The van der Waals surface area contributed by atoms with Crippen molar-refractivity contribution < 1.29 is 46.5 Å². The van der Waals surface area contributed by atoms with Crippen molar-refractivity contribution in [2.24, 2.45) is 17.3 Å². The zero-order valence-corrected chi connectivity index (χ0v) is 32.8. The number of esters is 2. The highest BCUT2D eigenvalue weighted by molar-refractivity contribution is 14.1. The molecule has 0 bridgehead atoms. The van der Waals surface area contributed by atoms with Crippen molar-refractivity contribution in [3.8, 4) is 11.3 Å². The first-order valence-electron chi connectivity index (χ1n) is 17.4. The van der Waals surface area contributed by atoms with E-state index in [0.717, 1.165) is 45.3 Å². The predicted octanol–water partition coefficient (Wildman–Crippen LogP) is 7.37. The standard InChI is InChI=1S/C38H47F4IN4O6/c1-37(2,3)28(19-33(49)52-26-11-12-26)35(51)45-46(20-27-29(39)16-23(17-30(27)40)31-13-14-47(44-31)36(41)42)21-32(48)24(18-34(50)53-38(4,5)6)15-22-7-9-25(43)10-8-22/h7-10,13-14,16-17,24,26,28,32,36,48H,11-12,15,18-21H2,1-6H3,(H,45,51)/t24-,28-,32+/m1/s1. The lowest BCUT2D eigenvalue weighted by Gasteiger charge is -2.34. The van der Waals surface area contributed by atoms with E-state index in [0.29, 0.717) is 4.68 Å². The van der Waals surface area contributed by atoms with E-state index in [1.165, 1.54) is 6.07 Å². The van der Waals surface area contributed by atoms with Crippen LogP contribution in [-0.4, -0.2) is 62.1 Å². The van der Waals surface area contributed by atoms with Gasteiger partial charge in [-0.3, -0.25) is 19.8 Å². The summed E-state index contributed by atoms with van der Waals surface area (Å²) in [5.74, 6) is -5.54. The second kappa shape index (κ2) is 17.7. The molecule has 1 heterocycles. The molecule has 1 aliphatic rings. The van der Waals surface area contributed by atoms with Gasteiger partial charge in [0.1, 0.15) is 23.3 Å². The Morgan fingerprint density at radius 1 is 1.00 bits per heavy atom. The molecule has 1 aromatic heterocycles. The summed E-state index contributed by atoms with van der Waals surface area (Å²) in [5, 5.41) is 16.6. The molecule has 0 saturated heterocycles. The minimum absolute atomic E-state index is 0.0816. The van der Waals surface area contributed by atoms with Crippen molar-refractivity contribution in [1.29, 1.82) is 0 Å². The number of nitrogens with zero attached hydrogens (tertiary/aromatic N) is 3. The van der Waals surface area contributed by atoms with Crippen LogP contribution in [-0.2, 0) is 36.8 Å². The van der Waals surface area contributed by atoms with E-state index in [1.54, 1.807) is 41.5 Å². The number of rotatable bonds is 16. The van der Waals surface area contributed by atoms with Crippen molar-refractivity contribution in [3.63, 3.8) is 0 Å². The van der Waals surface area contributed by atoms with Crippen LogP contribution in [0.15, 0.2) is 48.7 Å². The third kappa shape index (κ3) is 13.1. The number of carbonyl (C=O) groups excluding carboxylic acids is 3. The maximum absolute atomic E-state index is 15.7. The molecule has 1 amide bonds. The van der Waals surface area contributed by atoms with Crippen molar-refractivity contribution in [2.75, 3.05) is 6.54 Å². The Morgan fingerprint density at radius 2 is 1.62 bits per heavy atom. The first-order chi connectivity index (χ1) is 24.7. The zero-order valence-electron chi connectivity index (χ0n) is 30.7. The molecule has 53 heavy (non-hydrogen) atoms. The number of nitrogens with one attached hydrogen (secondary N) is 1. The van der Waals surface area contributed by atoms with Gasteiger partial charge in [-0.05, 0) is 104 Å². The van der Waals surface area contributed by atoms with E-state index in [-0.39, 0.29) is 43.2 Å². The molecule has 0 aliphatic heterocycles. The summed E-state index contributed by atoms with van der Waals surface area (Å²) in [6.45, 7) is 6.56. The number of hydrazine groups is 1. The minimum Gasteiger partial charge on any atom is -0.462 e. The molecule has 2 aromatic carbocycles. The highest BCUT2D eigenvalue weighted by atomic mass is 127. The van der Waals surface area contributed by atoms with Crippen molar-refractivity contribution in [3.05, 3.63) is 75.0 Å². The molecular weight excluding hydrogens is 811 g/mol. The van der Waals surface area contributed by atoms with Crippen molar-refractivity contribution >= 4 is 40.4 Å². The highest BCUT2D eigenvalue weighted by Gasteiger charge is 2.37. The van der Waals surface area contributed by atoms with Gasteiger partial charge in [-0.1, -0.05) is 32.9 Å². The van der Waals surface area contributed by atoms with E-state index >= 15 is 8.78 Å². The van der Waals surface area contributed by atoms with Gasteiger partial charge < -0.3 is 14.6 Å². The third-order valence-corrected chi connectivity index (χ3v) is 9.35. The number of hydrogen-bond acceptors (Lipinski definition) is 8. The molecule has 4 rings (SSSR count). The maximum atomic E-state index is 15.7. The molecule has 1 fully saturated rings. The largest absolute Gasteiger partial charge is 0.462 e. The lowest BCUT2D eigenvalue weighted by atomic mass is 9.78. The fraction of sp³-hybridized carbons (Fsp3) is 0.526. The summed E-state index contributed by atoms with van der Waals surface area (Å²) >= 11 is 2.16. The van der Waals surface area contributed by atoms with Crippen molar-refractivity contribution in [1.82, 2.24) is 20.2 Å². The summed E-state index contributed by atoms with van der Waals surface area (Å²) in [6, 6.07) is 10.6. The van der Waals surface area contributed by atoms with Gasteiger partial charge in [-0.15, -0.1) is 0 Å². The maximum Gasteiger partial charge on any atom is 0.333 e. The minimum atomic E-state index is -2.95. The lowest BCUT2D eigenvalue weighted by molar-refractivity contribution is -0.157. The average molecular weight is 859 g/mol. The van der Waals surface area contributed by atoms with Gasteiger partial charge in [-0.2, -0.15) is 13.9 Å². The van der Waals surface area contributed by atoms with E-state index in [4.69, 9.17) is 9.47 Å². The van der Waals surface area contributed by atoms with E-state index in [2.05, 4.69) is 33.1 Å². The number of benzene rings is 2. The van der Waals surface area contributed by atoms with Gasteiger partial charge in [0.15, 0.2) is 0 Å². The average Bonchev–Trinajstić information content (AvgIpc) is 3.70. The molecule has 3 aromatic rings. The molecular formula is C38H47F4IN4O6. The summed E-state index contributed by atoms with van der Waals surface area (Å²) in [7, 11) is 0. The van der Waals surface area contributed by atoms with E-state index < -0.39 is 77.1 Å². The van der Waals surface area contributed by atoms with Gasteiger partial charge in [0, 0.05) is 39.9 Å². The third-order valence-electron chi connectivity index (χ3n) is 8.63. The molecule has 0 unspecified atom stereocenters. The summed E-state index contributed by atoms with van der Waals surface area (Å²) in [4.78, 5) is 39.7. The number of hydrogen-bond donors (Lipinski definition) is 2. The first kappa shape index (κ1) is 42.2. The second-order valence-electron chi connectivity index (χ2n) is 15.5. The van der Waals surface area contributed by atoms with Crippen LogP contribution in [0.2, 0.25) is 0 Å². The molecule has 0 radical (unpaired) electrons. The van der Waals surface area contributed by atoms with Gasteiger partial charge in [0.05, 0.1) is 30.6 Å². The number of amides is 1. The Balaban J connectivity index is 1.66. The predicted molar refractivity (Wildman–Crippen MR) is 197 cm³/mol. The lowest BCUT2D eigenvalue weighted by Crippen LogP contribution is -2.51. The Bertz CT molecular complexity index is 1710. The smallest absolute Gasteiger partial charge is 0.333 e. The fourth-order valence-electron chi connectivity index (χ4n) is 5.70. The molecule has 15 heteroatoms. The van der Waals surface area contributed by atoms with Crippen LogP contribution < -0.4 is 5.43 Å². The topological polar surface area (TPSA) is 123 Å². The molecule has 2 N–H and O–H groups in total. The van der Waals surface area contributed by atoms with Crippen LogP contribution >= 0.6 is 22.6 Å². The van der Waals surface area contributed by atoms with Crippen LogP contribution in [0.3, 0.4) is 0 Å². The van der Waals surface area contributed by atoms with Gasteiger partial charge in [0.2, 0.25) is 5.91 Å².